The van der Waals surface area contributed by atoms with Crippen molar-refractivity contribution < 1.29 is 22.7 Å². The number of carbonyl (C=O) groups excluding carboxylic acids is 1. The van der Waals surface area contributed by atoms with Gasteiger partial charge >= 0.3 is 6.36 Å². The number of aromatic nitrogens is 2. The molecule has 0 aliphatic rings. The Morgan fingerprint density at radius 3 is 2.58 bits per heavy atom. The Morgan fingerprint density at radius 1 is 1.32 bits per heavy atom. The third-order valence-corrected chi connectivity index (χ3v) is 2.23. The van der Waals surface area contributed by atoms with Crippen LogP contribution in [0.5, 0.6) is 5.75 Å². The van der Waals surface area contributed by atoms with Crippen LogP contribution in [0.25, 0.3) is 11.3 Å². The maximum absolute atomic E-state index is 12.2. The summed E-state index contributed by atoms with van der Waals surface area (Å²) in [4.78, 5) is 10.9. The van der Waals surface area contributed by atoms with Crippen molar-refractivity contribution >= 4 is 5.91 Å². The third-order valence-electron chi connectivity index (χ3n) is 2.23. The Balaban J connectivity index is 2.41. The molecular weight excluding hydrogens is 263 g/mol. The molecule has 0 spiro atoms. The molecule has 0 unspecified atom stereocenters. The summed E-state index contributed by atoms with van der Waals surface area (Å²) in [6.45, 7) is 0. The maximum atomic E-state index is 12.2. The molecule has 8 heteroatoms. The van der Waals surface area contributed by atoms with Gasteiger partial charge in [0.15, 0.2) is 0 Å². The van der Waals surface area contributed by atoms with Gasteiger partial charge in [-0.15, -0.1) is 13.2 Å². The number of H-pyrrole nitrogens is 1. The zero-order chi connectivity index (χ0) is 14.0. The van der Waals surface area contributed by atoms with Crippen LogP contribution in [0.4, 0.5) is 13.2 Å². The van der Waals surface area contributed by atoms with E-state index in [1.807, 2.05) is 0 Å². The number of primary amides is 1. The standard InChI is InChI=1S/C11H8F3N3O2/c12-11(13,14)19-9-4-2-1-3-6(9)7-5-8(10(15)18)17-16-7/h1-5H,(H2,15,18)(H,16,17). The van der Waals surface area contributed by atoms with E-state index < -0.39 is 18.0 Å². The molecule has 1 aromatic heterocycles. The Hall–Kier alpha value is -2.51. The van der Waals surface area contributed by atoms with Gasteiger partial charge < -0.3 is 10.5 Å². The number of benzene rings is 1. The highest BCUT2D eigenvalue weighted by Crippen LogP contribution is 2.32. The Bertz CT molecular complexity index is 607. The SMILES string of the molecule is NC(=O)c1cc(-c2ccccc2OC(F)(F)F)n[nH]1. The normalized spacial score (nSPS) is 11.3. The molecule has 2 aromatic rings. The average Bonchev–Trinajstić information content (AvgIpc) is 2.76. The maximum Gasteiger partial charge on any atom is 0.573 e. The second-order valence-corrected chi connectivity index (χ2v) is 3.58. The fourth-order valence-electron chi connectivity index (χ4n) is 1.48. The highest BCUT2D eigenvalue weighted by atomic mass is 19.4. The third kappa shape index (κ3) is 3.03. The van der Waals surface area contributed by atoms with Crippen LogP contribution in [0.2, 0.25) is 0 Å². The molecule has 5 nitrogen and oxygen atoms in total. The molecule has 2 rings (SSSR count). The van der Waals surface area contributed by atoms with Crippen molar-refractivity contribution in [1.82, 2.24) is 10.2 Å². The first-order chi connectivity index (χ1) is 8.87. The molecular formula is C11H8F3N3O2. The van der Waals surface area contributed by atoms with Crippen LogP contribution in [0, 0.1) is 0 Å². The smallest absolute Gasteiger partial charge is 0.405 e. The number of hydrogen-bond acceptors (Lipinski definition) is 3. The molecule has 0 saturated carbocycles. The van der Waals surface area contributed by atoms with Crippen molar-refractivity contribution in [2.45, 2.75) is 6.36 Å². The molecule has 19 heavy (non-hydrogen) atoms. The van der Waals surface area contributed by atoms with Crippen molar-refractivity contribution in [3.05, 3.63) is 36.0 Å². The first-order valence-electron chi connectivity index (χ1n) is 5.07. The highest BCUT2D eigenvalue weighted by molar-refractivity contribution is 5.92. The van der Waals surface area contributed by atoms with Gasteiger partial charge in [0.2, 0.25) is 0 Å². The summed E-state index contributed by atoms with van der Waals surface area (Å²) in [6.07, 6.45) is -4.81. The van der Waals surface area contributed by atoms with Gasteiger partial charge in [0.05, 0.1) is 5.69 Å². The second kappa shape index (κ2) is 4.63. The number of aromatic amines is 1. The predicted molar refractivity (Wildman–Crippen MR) is 59.2 cm³/mol. The second-order valence-electron chi connectivity index (χ2n) is 3.58. The lowest BCUT2D eigenvalue weighted by Gasteiger charge is -2.11. The Morgan fingerprint density at radius 2 is 2.00 bits per heavy atom. The minimum Gasteiger partial charge on any atom is -0.405 e. The number of rotatable bonds is 3. The highest BCUT2D eigenvalue weighted by Gasteiger charge is 2.32. The van der Waals surface area contributed by atoms with Gasteiger partial charge in [0.25, 0.3) is 5.91 Å². The number of ether oxygens (including phenoxy) is 1. The molecule has 1 heterocycles. The number of para-hydroxylation sites is 1. The molecule has 0 aliphatic carbocycles. The van der Waals surface area contributed by atoms with Crippen molar-refractivity contribution in [3.8, 4) is 17.0 Å². The number of alkyl halides is 3. The number of carbonyl (C=O) groups is 1. The molecule has 1 aromatic carbocycles. The molecule has 3 N–H and O–H groups in total. The molecule has 0 bridgehead atoms. The predicted octanol–water partition coefficient (Wildman–Crippen LogP) is 2.07. The fourth-order valence-corrected chi connectivity index (χ4v) is 1.48. The zero-order valence-corrected chi connectivity index (χ0v) is 9.36. The number of nitrogens with two attached hydrogens (primary N) is 1. The molecule has 0 aliphatic heterocycles. The van der Waals surface area contributed by atoms with Crippen LogP contribution in [-0.2, 0) is 0 Å². The summed E-state index contributed by atoms with van der Waals surface area (Å²) < 4.78 is 40.6. The quantitative estimate of drug-likeness (QED) is 0.896. The summed E-state index contributed by atoms with van der Waals surface area (Å²) in [5.41, 5.74) is 5.25. The first-order valence-corrected chi connectivity index (χ1v) is 5.07. The van der Waals surface area contributed by atoms with Crippen molar-refractivity contribution in [3.63, 3.8) is 0 Å². The van der Waals surface area contributed by atoms with E-state index in [1.165, 1.54) is 24.3 Å². The first kappa shape index (κ1) is 12.9. The van der Waals surface area contributed by atoms with Gasteiger partial charge in [0, 0.05) is 5.56 Å². The lowest BCUT2D eigenvalue weighted by molar-refractivity contribution is -0.274. The van der Waals surface area contributed by atoms with Crippen LogP contribution in [0.1, 0.15) is 10.5 Å². The lowest BCUT2D eigenvalue weighted by Crippen LogP contribution is -2.17. The molecule has 0 fully saturated rings. The number of nitrogens with zero attached hydrogens (tertiary/aromatic N) is 1. The van der Waals surface area contributed by atoms with Crippen molar-refractivity contribution in [1.29, 1.82) is 0 Å². The molecule has 1 amide bonds. The summed E-state index contributed by atoms with van der Waals surface area (Å²) in [5.74, 6) is -1.16. The van der Waals surface area contributed by atoms with Gasteiger partial charge in [-0.1, -0.05) is 12.1 Å². The van der Waals surface area contributed by atoms with Crippen molar-refractivity contribution in [2.75, 3.05) is 0 Å². The van der Waals surface area contributed by atoms with Crippen LogP contribution in [-0.4, -0.2) is 22.5 Å². The number of hydrogen-bond donors (Lipinski definition) is 2. The van der Waals surface area contributed by atoms with E-state index in [9.17, 15) is 18.0 Å². The molecule has 100 valence electrons. The van der Waals surface area contributed by atoms with Crippen LogP contribution in [0.15, 0.2) is 30.3 Å². The Kier molecular flexibility index (Phi) is 3.16. The van der Waals surface area contributed by atoms with E-state index in [1.54, 1.807) is 0 Å². The molecule has 0 atom stereocenters. The number of halogens is 3. The van der Waals surface area contributed by atoms with Crippen molar-refractivity contribution in [2.24, 2.45) is 5.73 Å². The van der Waals surface area contributed by atoms with Gasteiger partial charge in [-0.25, -0.2) is 0 Å². The average molecular weight is 271 g/mol. The van der Waals surface area contributed by atoms with Gasteiger partial charge in [0.1, 0.15) is 11.4 Å². The lowest BCUT2D eigenvalue weighted by atomic mass is 10.1. The minimum atomic E-state index is -4.81. The summed E-state index contributed by atoms with van der Waals surface area (Å²) in [6, 6.07) is 6.72. The van der Waals surface area contributed by atoms with Crippen LogP contribution in [0.3, 0.4) is 0 Å². The number of nitrogens with one attached hydrogen (secondary N) is 1. The number of amides is 1. The van der Waals surface area contributed by atoms with Gasteiger partial charge in [-0.2, -0.15) is 5.10 Å². The van der Waals surface area contributed by atoms with E-state index in [-0.39, 0.29) is 17.0 Å². The van der Waals surface area contributed by atoms with Crippen LogP contribution >= 0.6 is 0 Å². The Labute approximate surface area is 105 Å². The van der Waals surface area contributed by atoms with E-state index in [0.29, 0.717) is 0 Å². The summed E-state index contributed by atoms with van der Waals surface area (Å²) in [5, 5.41) is 6.06. The largest absolute Gasteiger partial charge is 0.573 e. The van der Waals surface area contributed by atoms with E-state index in [4.69, 9.17) is 5.73 Å². The van der Waals surface area contributed by atoms with Gasteiger partial charge in [-0.3, -0.25) is 9.89 Å². The topological polar surface area (TPSA) is 81.0 Å². The molecule has 0 radical (unpaired) electrons. The van der Waals surface area contributed by atoms with E-state index in [0.717, 1.165) is 6.07 Å². The van der Waals surface area contributed by atoms with Gasteiger partial charge in [-0.05, 0) is 18.2 Å². The van der Waals surface area contributed by atoms with E-state index in [2.05, 4.69) is 14.9 Å². The zero-order valence-electron chi connectivity index (χ0n) is 9.36. The van der Waals surface area contributed by atoms with Crippen LogP contribution < -0.4 is 10.5 Å². The molecule has 0 saturated heterocycles. The summed E-state index contributed by atoms with van der Waals surface area (Å²) >= 11 is 0. The summed E-state index contributed by atoms with van der Waals surface area (Å²) in [7, 11) is 0. The fraction of sp³-hybridized carbons (Fsp3) is 0.0909. The monoisotopic (exact) mass is 271 g/mol. The minimum absolute atomic E-state index is 0.00295. The van der Waals surface area contributed by atoms with E-state index >= 15 is 0 Å².